The van der Waals surface area contributed by atoms with Crippen molar-refractivity contribution >= 4 is 11.8 Å². The summed E-state index contributed by atoms with van der Waals surface area (Å²) < 4.78 is 0. The third kappa shape index (κ3) is 4.36. The molecule has 2 amide bonds. The molecule has 1 rings (SSSR count). The fraction of sp³-hybridized carbons (Fsp3) is 0.846. The summed E-state index contributed by atoms with van der Waals surface area (Å²) >= 11 is 0. The summed E-state index contributed by atoms with van der Waals surface area (Å²) in [6, 6.07) is 0.255. The van der Waals surface area contributed by atoms with Gasteiger partial charge in [-0.05, 0) is 19.3 Å². The Hall–Kier alpha value is -1.06. The van der Waals surface area contributed by atoms with Crippen LogP contribution in [0.4, 0.5) is 0 Å². The smallest absolute Gasteiger partial charge is 0.225 e. The second-order valence-electron chi connectivity index (χ2n) is 5.07. The molecule has 0 bridgehead atoms. The number of nitrogens with one attached hydrogen (secondary N) is 1. The minimum Gasteiger partial charge on any atom is -0.353 e. The number of rotatable bonds is 4. The Morgan fingerprint density at radius 1 is 1.29 bits per heavy atom. The number of hydrogen-bond acceptors (Lipinski definition) is 2. The van der Waals surface area contributed by atoms with E-state index in [9.17, 15) is 9.59 Å². The molecule has 0 aromatic carbocycles. The van der Waals surface area contributed by atoms with Crippen LogP contribution in [-0.4, -0.2) is 35.8 Å². The maximum atomic E-state index is 11.8. The first-order valence-electron chi connectivity index (χ1n) is 6.62. The third-order valence-electron chi connectivity index (χ3n) is 3.14. The second-order valence-corrected chi connectivity index (χ2v) is 5.07. The minimum absolute atomic E-state index is 0.0706. The van der Waals surface area contributed by atoms with Crippen LogP contribution < -0.4 is 5.32 Å². The van der Waals surface area contributed by atoms with Crippen LogP contribution in [0.15, 0.2) is 0 Å². The Bertz CT molecular complexity index is 269. The van der Waals surface area contributed by atoms with Gasteiger partial charge < -0.3 is 10.2 Å². The lowest BCUT2D eigenvalue weighted by molar-refractivity contribution is -0.135. The van der Waals surface area contributed by atoms with E-state index in [2.05, 4.69) is 5.32 Å². The Balaban J connectivity index is 2.31. The van der Waals surface area contributed by atoms with Crippen LogP contribution in [-0.2, 0) is 9.59 Å². The highest BCUT2D eigenvalue weighted by atomic mass is 16.2. The van der Waals surface area contributed by atoms with Crippen LogP contribution in [0.25, 0.3) is 0 Å². The van der Waals surface area contributed by atoms with Gasteiger partial charge in [0.2, 0.25) is 11.8 Å². The van der Waals surface area contributed by atoms with Crippen molar-refractivity contribution < 1.29 is 9.59 Å². The van der Waals surface area contributed by atoms with Crippen LogP contribution in [0.3, 0.4) is 0 Å². The van der Waals surface area contributed by atoms with Crippen molar-refractivity contribution in [1.29, 1.82) is 0 Å². The highest BCUT2D eigenvalue weighted by molar-refractivity contribution is 5.78. The molecule has 98 valence electrons. The SMILES string of the molecule is CCCC(=O)NC1CCN(C(=O)C(C)C)CC1. The Morgan fingerprint density at radius 3 is 2.35 bits per heavy atom. The van der Waals surface area contributed by atoms with Gasteiger partial charge in [-0.2, -0.15) is 0 Å². The summed E-state index contributed by atoms with van der Waals surface area (Å²) in [5.41, 5.74) is 0. The van der Waals surface area contributed by atoms with Gasteiger partial charge in [-0.3, -0.25) is 9.59 Å². The van der Waals surface area contributed by atoms with E-state index in [-0.39, 0.29) is 23.8 Å². The van der Waals surface area contributed by atoms with Crippen LogP contribution in [0.1, 0.15) is 46.5 Å². The van der Waals surface area contributed by atoms with Crippen molar-refractivity contribution in [3.05, 3.63) is 0 Å². The highest BCUT2D eigenvalue weighted by Crippen LogP contribution is 2.13. The fourth-order valence-electron chi connectivity index (χ4n) is 2.14. The van der Waals surface area contributed by atoms with Crippen molar-refractivity contribution in [2.45, 2.75) is 52.5 Å². The van der Waals surface area contributed by atoms with Gasteiger partial charge in [0.15, 0.2) is 0 Å². The first kappa shape index (κ1) is 14.0. The zero-order chi connectivity index (χ0) is 12.8. The minimum atomic E-state index is 0.0706. The van der Waals surface area contributed by atoms with E-state index in [1.165, 1.54) is 0 Å². The average molecular weight is 240 g/mol. The van der Waals surface area contributed by atoms with Crippen molar-refractivity contribution in [1.82, 2.24) is 10.2 Å². The monoisotopic (exact) mass is 240 g/mol. The van der Waals surface area contributed by atoms with E-state index >= 15 is 0 Å². The topological polar surface area (TPSA) is 49.4 Å². The fourth-order valence-corrected chi connectivity index (χ4v) is 2.14. The molecule has 1 heterocycles. The van der Waals surface area contributed by atoms with Crippen LogP contribution >= 0.6 is 0 Å². The van der Waals surface area contributed by atoms with Crippen LogP contribution in [0.5, 0.6) is 0 Å². The van der Waals surface area contributed by atoms with E-state index in [0.717, 1.165) is 32.4 Å². The Labute approximate surface area is 104 Å². The molecule has 0 aliphatic carbocycles. The first-order chi connectivity index (χ1) is 8.04. The molecular weight excluding hydrogens is 216 g/mol. The molecule has 0 aromatic heterocycles. The van der Waals surface area contributed by atoms with E-state index in [4.69, 9.17) is 0 Å². The maximum Gasteiger partial charge on any atom is 0.225 e. The van der Waals surface area contributed by atoms with Crippen LogP contribution in [0.2, 0.25) is 0 Å². The summed E-state index contributed by atoms with van der Waals surface area (Å²) in [6.07, 6.45) is 3.25. The number of carbonyl (C=O) groups excluding carboxylic acids is 2. The van der Waals surface area contributed by atoms with Crippen LogP contribution in [0, 0.1) is 5.92 Å². The maximum absolute atomic E-state index is 11.8. The van der Waals surface area contributed by atoms with Gasteiger partial charge in [-0.15, -0.1) is 0 Å². The molecule has 1 aliphatic rings. The molecule has 4 nitrogen and oxygen atoms in total. The molecule has 1 fully saturated rings. The van der Waals surface area contributed by atoms with Gasteiger partial charge in [0, 0.05) is 31.5 Å². The van der Waals surface area contributed by atoms with Gasteiger partial charge in [0.05, 0.1) is 0 Å². The van der Waals surface area contributed by atoms with E-state index in [0.29, 0.717) is 6.42 Å². The van der Waals surface area contributed by atoms with E-state index < -0.39 is 0 Å². The van der Waals surface area contributed by atoms with Gasteiger partial charge in [0.1, 0.15) is 0 Å². The summed E-state index contributed by atoms with van der Waals surface area (Å²) in [5.74, 6) is 0.436. The number of hydrogen-bond donors (Lipinski definition) is 1. The summed E-state index contributed by atoms with van der Waals surface area (Å²) in [6.45, 7) is 7.40. The Morgan fingerprint density at radius 2 is 1.88 bits per heavy atom. The zero-order valence-electron chi connectivity index (χ0n) is 11.2. The first-order valence-corrected chi connectivity index (χ1v) is 6.62. The lowest BCUT2D eigenvalue weighted by Crippen LogP contribution is -2.47. The Kier molecular flexibility index (Phi) is 5.45. The normalized spacial score (nSPS) is 17.3. The predicted octanol–water partition coefficient (Wildman–Crippen LogP) is 1.55. The lowest BCUT2D eigenvalue weighted by atomic mass is 10.0. The van der Waals surface area contributed by atoms with Gasteiger partial charge in [-0.1, -0.05) is 20.8 Å². The van der Waals surface area contributed by atoms with Crippen molar-refractivity contribution in [3.8, 4) is 0 Å². The molecule has 0 spiro atoms. The summed E-state index contributed by atoms with van der Waals surface area (Å²) in [5, 5.41) is 3.03. The van der Waals surface area contributed by atoms with E-state index in [1.54, 1.807) is 0 Å². The molecule has 1 aliphatic heterocycles. The summed E-state index contributed by atoms with van der Waals surface area (Å²) in [4.78, 5) is 25.1. The average Bonchev–Trinajstić information content (AvgIpc) is 2.29. The number of piperidine rings is 1. The quantitative estimate of drug-likeness (QED) is 0.810. The van der Waals surface area contributed by atoms with Crippen molar-refractivity contribution in [3.63, 3.8) is 0 Å². The molecule has 4 heteroatoms. The third-order valence-corrected chi connectivity index (χ3v) is 3.14. The van der Waals surface area contributed by atoms with Crippen molar-refractivity contribution in [2.24, 2.45) is 5.92 Å². The molecule has 0 atom stereocenters. The highest BCUT2D eigenvalue weighted by Gasteiger charge is 2.24. The second kappa shape index (κ2) is 6.62. The standard InChI is InChI=1S/C13H24N2O2/c1-4-5-12(16)14-11-6-8-15(9-7-11)13(17)10(2)3/h10-11H,4-9H2,1-3H3,(H,14,16). The molecule has 0 aromatic rings. The molecule has 1 saturated heterocycles. The molecule has 0 saturated carbocycles. The number of nitrogens with zero attached hydrogens (tertiary/aromatic N) is 1. The number of amides is 2. The van der Waals surface area contributed by atoms with Gasteiger partial charge >= 0.3 is 0 Å². The molecule has 0 radical (unpaired) electrons. The largest absolute Gasteiger partial charge is 0.353 e. The molecule has 0 unspecified atom stereocenters. The lowest BCUT2D eigenvalue weighted by Gasteiger charge is -2.33. The van der Waals surface area contributed by atoms with Gasteiger partial charge in [-0.25, -0.2) is 0 Å². The predicted molar refractivity (Wildman–Crippen MR) is 67.5 cm³/mol. The molecule has 17 heavy (non-hydrogen) atoms. The zero-order valence-corrected chi connectivity index (χ0v) is 11.2. The summed E-state index contributed by atoms with van der Waals surface area (Å²) in [7, 11) is 0. The molecular formula is C13H24N2O2. The number of carbonyl (C=O) groups is 2. The number of likely N-dealkylation sites (tertiary alicyclic amines) is 1. The van der Waals surface area contributed by atoms with E-state index in [1.807, 2.05) is 25.7 Å². The molecule has 1 N–H and O–H groups in total. The van der Waals surface area contributed by atoms with Gasteiger partial charge in [0.25, 0.3) is 0 Å². The van der Waals surface area contributed by atoms with Crippen molar-refractivity contribution in [2.75, 3.05) is 13.1 Å².